The van der Waals surface area contributed by atoms with Gasteiger partial charge in [0, 0.05) is 14.8 Å². The molecule has 0 bridgehead atoms. The zero-order chi connectivity index (χ0) is 17.3. The second-order valence-electron chi connectivity index (χ2n) is 5.58. The summed E-state index contributed by atoms with van der Waals surface area (Å²) < 4.78 is 0.965. The third-order valence-corrected chi connectivity index (χ3v) is 4.50. The molecule has 6 nitrogen and oxygen atoms in total. The molecule has 0 aromatic heterocycles. The number of hydrogen-bond donors (Lipinski definition) is 3. The predicted molar refractivity (Wildman–Crippen MR) is 97.6 cm³/mol. The Morgan fingerprint density at radius 1 is 1.12 bits per heavy atom. The van der Waals surface area contributed by atoms with Gasteiger partial charge in [0.05, 0.1) is 0 Å². The van der Waals surface area contributed by atoms with Crippen LogP contribution in [-0.2, 0) is 10.3 Å². The van der Waals surface area contributed by atoms with Crippen LogP contribution in [0.5, 0.6) is 0 Å². The highest BCUT2D eigenvalue weighted by molar-refractivity contribution is 14.1. The first-order chi connectivity index (χ1) is 11.4. The molecule has 1 heterocycles. The minimum atomic E-state index is -1.15. The minimum Gasteiger partial charge on any atom is -0.322 e. The molecule has 1 aliphatic rings. The van der Waals surface area contributed by atoms with Gasteiger partial charge in [-0.05, 0) is 65.4 Å². The smallest absolute Gasteiger partial charge is 0.322 e. The first-order valence-electron chi connectivity index (χ1n) is 7.19. The second-order valence-corrected chi connectivity index (χ2v) is 6.82. The zero-order valence-electron chi connectivity index (χ0n) is 12.7. The number of rotatable bonds is 3. The van der Waals surface area contributed by atoms with Gasteiger partial charge in [0.2, 0.25) is 0 Å². The van der Waals surface area contributed by atoms with Crippen LogP contribution in [-0.4, -0.2) is 17.8 Å². The lowest BCUT2D eigenvalue weighted by atomic mass is 9.92. The van der Waals surface area contributed by atoms with E-state index in [1.807, 2.05) is 12.1 Å². The molecule has 2 aromatic rings. The fourth-order valence-electron chi connectivity index (χ4n) is 2.49. The molecular weight excluding hydrogens is 421 g/mol. The fraction of sp³-hybridized carbons (Fsp3) is 0.118. The number of anilines is 1. The zero-order valence-corrected chi connectivity index (χ0v) is 14.9. The van der Waals surface area contributed by atoms with Gasteiger partial charge in [-0.25, -0.2) is 4.79 Å². The van der Waals surface area contributed by atoms with Crippen LogP contribution in [0.15, 0.2) is 48.5 Å². The molecule has 4 amide bonds. The second kappa shape index (κ2) is 6.23. The highest BCUT2D eigenvalue weighted by Gasteiger charge is 2.43. The van der Waals surface area contributed by atoms with E-state index in [1.165, 1.54) is 0 Å². The van der Waals surface area contributed by atoms with E-state index >= 15 is 0 Å². The van der Waals surface area contributed by atoms with Crippen molar-refractivity contribution in [3.05, 3.63) is 63.2 Å². The van der Waals surface area contributed by atoms with Gasteiger partial charge in [-0.1, -0.05) is 18.2 Å². The van der Waals surface area contributed by atoms with E-state index in [0.29, 0.717) is 16.8 Å². The number of nitrogens with one attached hydrogen (secondary N) is 3. The van der Waals surface area contributed by atoms with Crippen molar-refractivity contribution in [1.82, 2.24) is 10.6 Å². The van der Waals surface area contributed by atoms with Gasteiger partial charge < -0.3 is 10.6 Å². The number of benzene rings is 2. The molecule has 0 spiro atoms. The van der Waals surface area contributed by atoms with Crippen molar-refractivity contribution in [3.8, 4) is 0 Å². The standard InChI is InChI=1S/C17H14IN3O3/c1-17(15(23)20-16(24)21-17)11-5-3-7-13(9-11)19-14(22)10-4-2-6-12(18)8-10/h2-9H,1H3,(H,19,22)(H2,20,21,23,24). The summed E-state index contributed by atoms with van der Waals surface area (Å²) in [5.41, 5.74) is 0.531. The maximum Gasteiger partial charge on any atom is 0.322 e. The van der Waals surface area contributed by atoms with Crippen molar-refractivity contribution in [2.75, 3.05) is 5.32 Å². The van der Waals surface area contributed by atoms with Crippen molar-refractivity contribution in [2.45, 2.75) is 12.5 Å². The van der Waals surface area contributed by atoms with Crippen molar-refractivity contribution in [1.29, 1.82) is 0 Å². The maximum atomic E-state index is 12.3. The van der Waals surface area contributed by atoms with Crippen LogP contribution >= 0.6 is 22.6 Å². The monoisotopic (exact) mass is 435 g/mol. The molecule has 1 aliphatic heterocycles. The number of amides is 4. The largest absolute Gasteiger partial charge is 0.322 e. The van der Waals surface area contributed by atoms with Crippen molar-refractivity contribution in [2.24, 2.45) is 0 Å². The Morgan fingerprint density at radius 2 is 1.88 bits per heavy atom. The average molecular weight is 435 g/mol. The molecule has 1 saturated heterocycles. The summed E-state index contributed by atoms with van der Waals surface area (Å²) in [6.45, 7) is 1.62. The Bertz CT molecular complexity index is 852. The maximum absolute atomic E-state index is 12.3. The van der Waals surface area contributed by atoms with Crippen LogP contribution in [0.3, 0.4) is 0 Å². The average Bonchev–Trinajstić information content (AvgIpc) is 2.81. The first kappa shape index (κ1) is 16.4. The number of urea groups is 1. The van der Waals surface area contributed by atoms with Crippen molar-refractivity contribution < 1.29 is 14.4 Å². The molecule has 7 heteroatoms. The van der Waals surface area contributed by atoms with Gasteiger partial charge in [0.25, 0.3) is 11.8 Å². The van der Waals surface area contributed by atoms with Gasteiger partial charge in [0.15, 0.2) is 0 Å². The minimum absolute atomic E-state index is 0.240. The summed E-state index contributed by atoms with van der Waals surface area (Å²) in [6.07, 6.45) is 0. The molecule has 24 heavy (non-hydrogen) atoms. The highest BCUT2D eigenvalue weighted by atomic mass is 127. The molecule has 0 radical (unpaired) electrons. The molecule has 3 rings (SSSR count). The molecule has 0 aliphatic carbocycles. The summed E-state index contributed by atoms with van der Waals surface area (Å²) in [7, 11) is 0. The lowest BCUT2D eigenvalue weighted by Crippen LogP contribution is -2.40. The summed E-state index contributed by atoms with van der Waals surface area (Å²) in [6, 6.07) is 13.6. The number of carbonyl (C=O) groups is 3. The summed E-state index contributed by atoms with van der Waals surface area (Å²) in [5, 5.41) is 7.63. The van der Waals surface area contributed by atoms with E-state index in [2.05, 4.69) is 38.5 Å². The van der Waals surface area contributed by atoms with E-state index < -0.39 is 17.5 Å². The van der Waals surface area contributed by atoms with Crippen molar-refractivity contribution in [3.63, 3.8) is 0 Å². The van der Waals surface area contributed by atoms with Gasteiger partial charge in [0.1, 0.15) is 5.54 Å². The Balaban J connectivity index is 1.85. The molecule has 0 saturated carbocycles. The van der Waals surface area contributed by atoms with Crippen LogP contribution < -0.4 is 16.0 Å². The highest BCUT2D eigenvalue weighted by Crippen LogP contribution is 2.26. The van der Waals surface area contributed by atoms with E-state index in [1.54, 1.807) is 43.3 Å². The normalized spacial score (nSPS) is 19.6. The Morgan fingerprint density at radius 3 is 2.54 bits per heavy atom. The number of hydrogen-bond acceptors (Lipinski definition) is 3. The number of carbonyl (C=O) groups excluding carboxylic acids is 3. The SMILES string of the molecule is CC1(c2cccc(NC(=O)c3cccc(I)c3)c2)NC(=O)NC1=O. The summed E-state index contributed by atoms with van der Waals surface area (Å²) in [4.78, 5) is 35.8. The third kappa shape index (κ3) is 3.12. The van der Waals surface area contributed by atoms with E-state index in [4.69, 9.17) is 0 Å². The van der Waals surface area contributed by atoms with Gasteiger partial charge in [-0.15, -0.1) is 0 Å². The van der Waals surface area contributed by atoms with E-state index in [9.17, 15) is 14.4 Å². The van der Waals surface area contributed by atoms with Crippen LogP contribution in [0.25, 0.3) is 0 Å². The van der Waals surface area contributed by atoms with Gasteiger partial charge in [-0.3, -0.25) is 14.9 Å². The fourth-order valence-corrected chi connectivity index (χ4v) is 3.03. The van der Waals surface area contributed by atoms with Gasteiger partial charge >= 0.3 is 6.03 Å². The number of imide groups is 1. The first-order valence-corrected chi connectivity index (χ1v) is 8.27. The predicted octanol–water partition coefficient (Wildman–Crippen LogP) is 2.60. The molecule has 1 atom stereocenters. The molecule has 3 N–H and O–H groups in total. The van der Waals surface area contributed by atoms with Crippen molar-refractivity contribution >= 4 is 46.1 Å². The van der Waals surface area contributed by atoms with Crippen LogP contribution in [0, 0.1) is 3.57 Å². The molecule has 2 aromatic carbocycles. The lowest BCUT2D eigenvalue weighted by molar-refractivity contribution is -0.123. The Kier molecular flexibility index (Phi) is 4.27. The summed E-state index contributed by atoms with van der Waals surface area (Å²) >= 11 is 2.14. The Hall–Kier alpha value is -2.42. The topological polar surface area (TPSA) is 87.3 Å². The summed E-state index contributed by atoms with van der Waals surface area (Å²) in [5.74, 6) is -0.663. The third-order valence-electron chi connectivity index (χ3n) is 3.83. The quantitative estimate of drug-likeness (QED) is 0.512. The van der Waals surface area contributed by atoms with E-state index in [-0.39, 0.29) is 5.91 Å². The van der Waals surface area contributed by atoms with E-state index in [0.717, 1.165) is 3.57 Å². The molecule has 122 valence electrons. The molecule has 1 fully saturated rings. The van der Waals surface area contributed by atoms with Crippen LogP contribution in [0.1, 0.15) is 22.8 Å². The van der Waals surface area contributed by atoms with Crippen LogP contribution in [0.4, 0.5) is 10.5 Å². The lowest BCUT2D eigenvalue weighted by Gasteiger charge is -2.21. The molecular formula is C17H14IN3O3. The Labute approximate surface area is 152 Å². The molecule has 1 unspecified atom stereocenters. The number of halogens is 1. The van der Waals surface area contributed by atoms with Gasteiger partial charge in [-0.2, -0.15) is 0 Å². The van der Waals surface area contributed by atoms with Crippen LogP contribution in [0.2, 0.25) is 0 Å².